The molecule has 0 atom stereocenters. The Balaban J connectivity index is 1.49. The molecule has 8 nitrogen and oxygen atoms in total. The van der Waals surface area contributed by atoms with Gasteiger partial charge in [-0.05, 0) is 12.1 Å². The Kier molecular flexibility index (Phi) is 5.27. The van der Waals surface area contributed by atoms with Crippen LogP contribution in [0.15, 0.2) is 12.1 Å². The molecule has 0 fully saturated rings. The largest absolute Gasteiger partial charge is 0.378 e. The van der Waals surface area contributed by atoms with Gasteiger partial charge in [-0.25, -0.2) is 0 Å². The molecule has 2 N–H and O–H groups in total. The zero-order chi connectivity index (χ0) is 16.9. The van der Waals surface area contributed by atoms with Crippen molar-refractivity contribution < 1.29 is 9.53 Å². The lowest BCUT2D eigenvalue weighted by atomic mass is 10.2. The summed E-state index contributed by atoms with van der Waals surface area (Å²) in [6, 6.07) is 4.01. The maximum absolute atomic E-state index is 12.3. The molecule has 2 aromatic heterocycles. The highest BCUT2D eigenvalue weighted by molar-refractivity contribution is 5.76. The van der Waals surface area contributed by atoms with Gasteiger partial charge in [0.25, 0.3) is 0 Å². The Labute approximate surface area is 141 Å². The molecule has 1 aliphatic heterocycles. The molecule has 1 aliphatic rings. The average molecular weight is 332 g/mol. The third-order valence-electron chi connectivity index (χ3n) is 4.12. The first kappa shape index (κ1) is 16.7. The lowest BCUT2D eigenvalue weighted by molar-refractivity contribution is -0.130. The van der Waals surface area contributed by atoms with Crippen LogP contribution in [0.5, 0.6) is 0 Å². The van der Waals surface area contributed by atoms with E-state index in [4.69, 9.17) is 4.74 Å². The van der Waals surface area contributed by atoms with Gasteiger partial charge in [-0.2, -0.15) is 10.2 Å². The number of hydrogen-bond donors (Lipinski definition) is 2. The molecule has 0 bridgehead atoms. The van der Waals surface area contributed by atoms with Crippen molar-refractivity contribution in [1.29, 1.82) is 0 Å². The lowest BCUT2D eigenvalue weighted by Gasteiger charge is -2.15. The number of rotatable bonds is 7. The normalized spacial score (nSPS) is 13.8. The van der Waals surface area contributed by atoms with Crippen LogP contribution < -0.4 is 5.32 Å². The highest BCUT2D eigenvalue weighted by atomic mass is 16.5. The van der Waals surface area contributed by atoms with Gasteiger partial charge < -0.3 is 15.0 Å². The highest BCUT2D eigenvalue weighted by Gasteiger charge is 2.15. The first-order chi connectivity index (χ1) is 11.7. The van der Waals surface area contributed by atoms with Gasteiger partial charge in [0.15, 0.2) is 0 Å². The third-order valence-corrected chi connectivity index (χ3v) is 4.12. The number of methoxy groups -OCH3 is 1. The average Bonchev–Trinajstić information content (AvgIpc) is 3.19. The molecule has 0 radical (unpaired) electrons. The van der Waals surface area contributed by atoms with Crippen molar-refractivity contribution in [2.24, 2.45) is 0 Å². The molecule has 0 spiro atoms. The predicted octanol–water partition coefficient (Wildman–Crippen LogP) is 0.447. The van der Waals surface area contributed by atoms with E-state index in [9.17, 15) is 4.79 Å². The zero-order valence-corrected chi connectivity index (χ0v) is 14.2. The maximum Gasteiger partial charge on any atom is 0.223 e. The summed E-state index contributed by atoms with van der Waals surface area (Å²) in [5, 5.41) is 15.0. The number of carbonyl (C=O) groups is 1. The number of aromatic nitrogens is 4. The van der Waals surface area contributed by atoms with Gasteiger partial charge >= 0.3 is 0 Å². The van der Waals surface area contributed by atoms with E-state index >= 15 is 0 Å². The van der Waals surface area contributed by atoms with Crippen LogP contribution in [0.1, 0.15) is 29.2 Å². The van der Waals surface area contributed by atoms with Gasteiger partial charge in [-0.1, -0.05) is 0 Å². The number of aryl methyl sites for hydroxylation is 1. The SMILES string of the molecule is COCc1cc(CN(C)C(=O)CCc2cc3n(n2)CCNC3)[nH]n1. The van der Waals surface area contributed by atoms with Crippen LogP contribution in [-0.2, 0) is 42.2 Å². The number of nitrogens with one attached hydrogen (secondary N) is 2. The van der Waals surface area contributed by atoms with Crippen molar-refractivity contribution in [2.75, 3.05) is 20.7 Å². The van der Waals surface area contributed by atoms with Crippen LogP contribution in [0.3, 0.4) is 0 Å². The first-order valence-electron chi connectivity index (χ1n) is 8.18. The van der Waals surface area contributed by atoms with E-state index in [0.29, 0.717) is 26.0 Å². The Morgan fingerprint density at radius 3 is 3.08 bits per heavy atom. The predicted molar refractivity (Wildman–Crippen MR) is 88.0 cm³/mol. The van der Waals surface area contributed by atoms with Gasteiger partial charge in [-0.15, -0.1) is 0 Å². The van der Waals surface area contributed by atoms with E-state index < -0.39 is 0 Å². The van der Waals surface area contributed by atoms with Crippen LogP contribution in [-0.4, -0.2) is 51.5 Å². The van der Waals surface area contributed by atoms with Crippen LogP contribution in [0, 0.1) is 0 Å². The molecular formula is C16H24N6O2. The molecule has 8 heteroatoms. The monoisotopic (exact) mass is 332 g/mol. The van der Waals surface area contributed by atoms with E-state index in [1.54, 1.807) is 19.1 Å². The number of hydrogen-bond acceptors (Lipinski definition) is 5. The van der Waals surface area contributed by atoms with Gasteiger partial charge in [0.05, 0.1) is 42.5 Å². The molecule has 0 unspecified atom stereocenters. The maximum atomic E-state index is 12.3. The summed E-state index contributed by atoms with van der Waals surface area (Å²) < 4.78 is 7.07. The minimum absolute atomic E-state index is 0.0991. The summed E-state index contributed by atoms with van der Waals surface area (Å²) in [6.07, 6.45) is 1.13. The topological polar surface area (TPSA) is 88.1 Å². The molecule has 0 saturated carbocycles. The highest BCUT2D eigenvalue weighted by Crippen LogP contribution is 2.11. The molecular weight excluding hydrogens is 308 g/mol. The van der Waals surface area contributed by atoms with Gasteiger partial charge in [0.1, 0.15) is 0 Å². The number of carbonyl (C=O) groups excluding carboxylic acids is 1. The van der Waals surface area contributed by atoms with Gasteiger partial charge in [-0.3, -0.25) is 14.6 Å². The van der Waals surface area contributed by atoms with Crippen LogP contribution in [0.4, 0.5) is 0 Å². The third kappa shape index (κ3) is 4.01. The minimum Gasteiger partial charge on any atom is -0.378 e. The Hall–Kier alpha value is -2.19. The van der Waals surface area contributed by atoms with Crippen molar-refractivity contribution in [1.82, 2.24) is 30.2 Å². The fourth-order valence-corrected chi connectivity index (χ4v) is 2.86. The molecule has 2 aromatic rings. The van der Waals surface area contributed by atoms with Crippen molar-refractivity contribution in [2.45, 2.75) is 39.1 Å². The van der Waals surface area contributed by atoms with E-state index in [1.807, 2.05) is 10.7 Å². The van der Waals surface area contributed by atoms with Crippen molar-refractivity contribution in [3.63, 3.8) is 0 Å². The zero-order valence-electron chi connectivity index (χ0n) is 14.2. The van der Waals surface area contributed by atoms with Gasteiger partial charge in [0.2, 0.25) is 5.91 Å². The standard InChI is InChI=1S/C16H24N6O2/c1-21(10-13-7-14(11-24-2)19-18-13)16(23)4-3-12-8-15-9-17-5-6-22(15)20-12/h7-8,17H,3-6,9-11H2,1-2H3,(H,18,19). The summed E-state index contributed by atoms with van der Waals surface area (Å²) in [7, 11) is 3.44. The van der Waals surface area contributed by atoms with E-state index in [0.717, 1.165) is 36.7 Å². The Morgan fingerprint density at radius 2 is 2.29 bits per heavy atom. The second-order valence-electron chi connectivity index (χ2n) is 6.09. The lowest BCUT2D eigenvalue weighted by Crippen LogP contribution is -2.28. The molecule has 3 rings (SSSR count). The Bertz CT molecular complexity index is 669. The van der Waals surface area contributed by atoms with Gasteiger partial charge in [0, 0.05) is 40.1 Å². The number of amides is 1. The van der Waals surface area contributed by atoms with E-state index in [-0.39, 0.29) is 5.91 Å². The Morgan fingerprint density at radius 1 is 1.42 bits per heavy atom. The summed E-state index contributed by atoms with van der Waals surface area (Å²) in [6.45, 7) is 3.68. The fourth-order valence-electron chi connectivity index (χ4n) is 2.86. The summed E-state index contributed by atoms with van der Waals surface area (Å²) >= 11 is 0. The van der Waals surface area contributed by atoms with Crippen LogP contribution >= 0.6 is 0 Å². The van der Waals surface area contributed by atoms with Crippen molar-refractivity contribution in [3.05, 3.63) is 34.9 Å². The summed E-state index contributed by atoms with van der Waals surface area (Å²) in [5.74, 6) is 0.0991. The second kappa shape index (κ2) is 7.59. The number of H-pyrrole nitrogens is 1. The number of aromatic amines is 1. The number of ether oxygens (including phenoxy) is 1. The minimum atomic E-state index is 0.0991. The fraction of sp³-hybridized carbons (Fsp3) is 0.562. The van der Waals surface area contributed by atoms with Crippen molar-refractivity contribution in [3.8, 4) is 0 Å². The van der Waals surface area contributed by atoms with Crippen LogP contribution in [0.2, 0.25) is 0 Å². The summed E-state index contributed by atoms with van der Waals surface area (Å²) in [5.41, 5.74) is 3.92. The molecule has 3 heterocycles. The summed E-state index contributed by atoms with van der Waals surface area (Å²) in [4.78, 5) is 14.0. The molecule has 0 aliphatic carbocycles. The molecule has 1 amide bonds. The van der Waals surface area contributed by atoms with Crippen molar-refractivity contribution >= 4 is 5.91 Å². The van der Waals surface area contributed by atoms with E-state index in [2.05, 4.69) is 26.7 Å². The molecule has 0 aromatic carbocycles. The molecule has 0 saturated heterocycles. The number of fused-ring (bicyclic) bond motifs is 1. The first-order valence-corrected chi connectivity index (χ1v) is 8.18. The quantitative estimate of drug-likeness (QED) is 0.768. The smallest absolute Gasteiger partial charge is 0.223 e. The van der Waals surface area contributed by atoms with Crippen LogP contribution in [0.25, 0.3) is 0 Å². The molecule has 24 heavy (non-hydrogen) atoms. The number of nitrogens with zero attached hydrogens (tertiary/aromatic N) is 4. The molecule has 130 valence electrons. The van der Waals surface area contributed by atoms with E-state index in [1.165, 1.54) is 5.69 Å². The second-order valence-corrected chi connectivity index (χ2v) is 6.09.